The van der Waals surface area contributed by atoms with E-state index in [1.54, 1.807) is 23.6 Å². The van der Waals surface area contributed by atoms with E-state index in [-0.39, 0.29) is 17.4 Å². The van der Waals surface area contributed by atoms with Crippen LogP contribution in [0.25, 0.3) is 0 Å². The summed E-state index contributed by atoms with van der Waals surface area (Å²) in [6.07, 6.45) is 0. The van der Waals surface area contributed by atoms with E-state index in [9.17, 15) is 18.0 Å². The smallest absolute Gasteiger partial charge is 0.324 e. The molecule has 1 amide bonds. The van der Waals surface area contributed by atoms with E-state index < -0.39 is 22.0 Å². The maximum Gasteiger partial charge on any atom is 0.324 e. The van der Waals surface area contributed by atoms with Gasteiger partial charge in [0.1, 0.15) is 12.6 Å². The first-order chi connectivity index (χ1) is 12.7. The van der Waals surface area contributed by atoms with Gasteiger partial charge in [-0.1, -0.05) is 18.2 Å². The van der Waals surface area contributed by atoms with E-state index >= 15 is 0 Å². The number of carbonyl (C=O) groups is 2. The number of benzene rings is 1. The fraction of sp³-hybridized carbons (Fsp3) is 0.353. The number of ether oxygens (including phenoxy) is 1. The van der Waals surface area contributed by atoms with Gasteiger partial charge in [-0.05, 0) is 26.0 Å². The third-order valence-electron chi connectivity index (χ3n) is 3.57. The molecule has 0 saturated heterocycles. The zero-order chi connectivity index (χ0) is 20.0. The van der Waals surface area contributed by atoms with Gasteiger partial charge in [-0.15, -0.1) is 11.3 Å². The van der Waals surface area contributed by atoms with Crippen molar-refractivity contribution in [2.24, 2.45) is 0 Å². The normalized spacial score (nSPS) is 12.4. The highest BCUT2D eigenvalue weighted by atomic mass is 32.2. The number of esters is 1. The molecule has 2 aromatic rings. The highest BCUT2D eigenvalue weighted by Crippen LogP contribution is 2.21. The summed E-state index contributed by atoms with van der Waals surface area (Å²) in [5.41, 5.74) is 0.487. The highest BCUT2D eigenvalue weighted by Gasteiger charge is 2.23. The molecule has 0 radical (unpaired) electrons. The molecule has 146 valence electrons. The van der Waals surface area contributed by atoms with Gasteiger partial charge in [0.05, 0.1) is 10.6 Å². The number of nitrogens with one attached hydrogen (secondary N) is 1. The molecule has 0 saturated carbocycles. The summed E-state index contributed by atoms with van der Waals surface area (Å²) in [5, 5.41) is 2.21. The number of anilines is 1. The van der Waals surface area contributed by atoms with Crippen LogP contribution in [0.5, 0.6) is 0 Å². The zero-order valence-electron chi connectivity index (χ0n) is 15.2. The van der Waals surface area contributed by atoms with Gasteiger partial charge in [0.25, 0.3) is 0 Å². The van der Waals surface area contributed by atoms with Crippen molar-refractivity contribution in [3.8, 4) is 0 Å². The first-order valence-corrected chi connectivity index (χ1v) is 10.6. The van der Waals surface area contributed by atoms with Crippen molar-refractivity contribution in [1.29, 1.82) is 0 Å². The van der Waals surface area contributed by atoms with E-state index in [1.807, 2.05) is 6.92 Å². The van der Waals surface area contributed by atoms with Gasteiger partial charge in [0.15, 0.2) is 5.13 Å². The topological polar surface area (TPSA) is 106 Å². The summed E-state index contributed by atoms with van der Waals surface area (Å²) in [5.74, 6) is -0.845. The maximum absolute atomic E-state index is 12.2. The van der Waals surface area contributed by atoms with Crippen LogP contribution in [-0.4, -0.2) is 37.9 Å². The number of hydrogen-bond donors (Lipinski definition) is 1. The quantitative estimate of drug-likeness (QED) is 0.666. The van der Waals surface area contributed by atoms with Gasteiger partial charge in [-0.2, -0.15) is 4.72 Å². The number of carbonyl (C=O) groups excluding carboxylic acids is 2. The molecule has 1 atom stereocenters. The van der Waals surface area contributed by atoms with Crippen LogP contribution in [0.1, 0.15) is 26.5 Å². The van der Waals surface area contributed by atoms with Gasteiger partial charge in [-0.25, -0.2) is 13.4 Å². The van der Waals surface area contributed by atoms with Crippen molar-refractivity contribution in [3.63, 3.8) is 0 Å². The number of nitrogens with zero attached hydrogens (tertiary/aromatic N) is 2. The molecule has 8 nitrogen and oxygen atoms in total. The lowest BCUT2D eigenvalue weighted by atomic mass is 10.4. The number of thiazole rings is 1. The second-order valence-corrected chi connectivity index (χ2v) is 8.20. The Hall–Kier alpha value is -2.30. The van der Waals surface area contributed by atoms with Crippen LogP contribution >= 0.6 is 11.3 Å². The van der Waals surface area contributed by atoms with Crippen molar-refractivity contribution in [2.45, 2.75) is 38.3 Å². The average molecular weight is 412 g/mol. The summed E-state index contributed by atoms with van der Waals surface area (Å²) in [7, 11) is -3.82. The van der Waals surface area contributed by atoms with E-state index in [0.29, 0.717) is 17.4 Å². The molecule has 0 aliphatic heterocycles. The minimum atomic E-state index is -3.82. The molecule has 1 N–H and O–H groups in total. The summed E-state index contributed by atoms with van der Waals surface area (Å²) >= 11 is 1.27. The SMILES string of the molecule is CCN(C(C)=O)c1nc(COC(=O)C(C)NS(=O)(=O)c2ccccc2)cs1. The zero-order valence-corrected chi connectivity index (χ0v) is 16.8. The molecule has 0 spiro atoms. The van der Waals surface area contributed by atoms with Gasteiger partial charge in [0.2, 0.25) is 15.9 Å². The molecular formula is C17H21N3O5S2. The second-order valence-electron chi connectivity index (χ2n) is 5.65. The van der Waals surface area contributed by atoms with E-state index in [2.05, 4.69) is 9.71 Å². The lowest BCUT2D eigenvalue weighted by molar-refractivity contribution is -0.146. The minimum Gasteiger partial charge on any atom is -0.458 e. The van der Waals surface area contributed by atoms with Gasteiger partial charge >= 0.3 is 5.97 Å². The van der Waals surface area contributed by atoms with Crippen molar-refractivity contribution < 1.29 is 22.7 Å². The van der Waals surface area contributed by atoms with Gasteiger partial charge in [-0.3, -0.25) is 14.5 Å². The van der Waals surface area contributed by atoms with Crippen molar-refractivity contribution in [1.82, 2.24) is 9.71 Å². The van der Waals surface area contributed by atoms with Crippen LogP contribution in [0.3, 0.4) is 0 Å². The second kappa shape index (κ2) is 9.07. The summed E-state index contributed by atoms with van der Waals surface area (Å²) in [6.45, 7) is 5.07. The van der Waals surface area contributed by atoms with Gasteiger partial charge < -0.3 is 4.74 Å². The van der Waals surface area contributed by atoms with E-state index in [0.717, 1.165) is 0 Å². The Morgan fingerprint density at radius 1 is 1.30 bits per heavy atom. The average Bonchev–Trinajstić information content (AvgIpc) is 3.09. The molecule has 0 fully saturated rings. The Labute approximate surface area is 162 Å². The molecule has 1 aromatic carbocycles. The molecule has 0 aliphatic rings. The fourth-order valence-electron chi connectivity index (χ4n) is 2.20. The molecular weight excluding hydrogens is 390 g/mol. The summed E-state index contributed by atoms with van der Waals surface area (Å²) < 4.78 is 31.9. The molecule has 27 heavy (non-hydrogen) atoms. The van der Waals surface area contributed by atoms with Crippen LogP contribution in [-0.2, 0) is 31.0 Å². The lowest BCUT2D eigenvalue weighted by Crippen LogP contribution is -2.39. The number of amides is 1. The number of sulfonamides is 1. The van der Waals surface area contributed by atoms with E-state index in [4.69, 9.17) is 4.74 Å². The predicted octanol–water partition coefficient (Wildman–Crippen LogP) is 1.93. The Balaban J connectivity index is 1.94. The molecule has 1 unspecified atom stereocenters. The van der Waals surface area contributed by atoms with Crippen LogP contribution in [0, 0.1) is 0 Å². The molecule has 0 bridgehead atoms. The number of rotatable bonds is 8. The summed E-state index contributed by atoms with van der Waals surface area (Å²) in [4.78, 5) is 29.5. The Morgan fingerprint density at radius 2 is 1.96 bits per heavy atom. The van der Waals surface area contributed by atoms with Crippen LogP contribution in [0.2, 0.25) is 0 Å². The largest absolute Gasteiger partial charge is 0.458 e. The Bertz CT molecular complexity index is 896. The minimum absolute atomic E-state index is 0.0673. The molecule has 10 heteroatoms. The Morgan fingerprint density at radius 3 is 2.56 bits per heavy atom. The third-order valence-corrected chi connectivity index (χ3v) is 6.04. The van der Waals surface area contributed by atoms with Crippen LogP contribution in [0.15, 0.2) is 40.6 Å². The van der Waals surface area contributed by atoms with Crippen LogP contribution < -0.4 is 9.62 Å². The van der Waals surface area contributed by atoms with E-state index in [1.165, 1.54) is 42.2 Å². The predicted molar refractivity (Wildman–Crippen MR) is 102 cm³/mol. The standard InChI is InChI=1S/C17H21N3O5S2/c1-4-20(13(3)21)17-18-14(11-26-17)10-25-16(22)12(2)19-27(23,24)15-8-6-5-7-9-15/h5-9,11-12,19H,4,10H2,1-3H3. The lowest BCUT2D eigenvalue weighted by Gasteiger charge is -2.14. The molecule has 1 aromatic heterocycles. The first-order valence-electron chi connectivity index (χ1n) is 8.21. The first kappa shape index (κ1) is 21.0. The Kier molecular flexibility index (Phi) is 7.05. The van der Waals surface area contributed by atoms with Crippen LogP contribution in [0.4, 0.5) is 5.13 Å². The highest BCUT2D eigenvalue weighted by molar-refractivity contribution is 7.89. The molecule has 1 heterocycles. The molecule has 2 rings (SSSR count). The fourth-order valence-corrected chi connectivity index (χ4v) is 4.33. The van der Waals surface area contributed by atoms with Gasteiger partial charge in [0, 0.05) is 18.8 Å². The number of hydrogen-bond acceptors (Lipinski definition) is 7. The monoisotopic (exact) mass is 411 g/mol. The van der Waals surface area contributed by atoms with Crippen molar-refractivity contribution >= 4 is 38.4 Å². The molecule has 0 aliphatic carbocycles. The number of aromatic nitrogens is 1. The summed E-state index contributed by atoms with van der Waals surface area (Å²) in [6, 6.07) is 6.70. The maximum atomic E-state index is 12.2. The van der Waals surface area contributed by atoms with Crippen molar-refractivity contribution in [2.75, 3.05) is 11.4 Å². The third kappa shape index (κ3) is 5.59. The van der Waals surface area contributed by atoms with Crippen molar-refractivity contribution in [3.05, 3.63) is 41.4 Å².